The third-order valence-corrected chi connectivity index (χ3v) is 5.20. The van der Waals surface area contributed by atoms with Crippen molar-refractivity contribution in [2.24, 2.45) is 0 Å². The van der Waals surface area contributed by atoms with Crippen LogP contribution in [0.5, 0.6) is 0 Å². The van der Waals surface area contributed by atoms with Crippen LogP contribution in [0.3, 0.4) is 0 Å². The third kappa shape index (κ3) is 3.77. The number of ketones is 1. The van der Waals surface area contributed by atoms with E-state index in [0.29, 0.717) is 25.1 Å². The topological polar surface area (TPSA) is 62.4 Å². The highest BCUT2D eigenvalue weighted by atomic mass is 16.5. The highest BCUT2D eigenvalue weighted by Gasteiger charge is 2.33. The number of nitrogens with one attached hydrogen (secondary N) is 1. The van der Waals surface area contributed by atoms with Gasteiger partial charge < -0.3 is 14.6 Å². The lowest BCUT2D eigenvalue weighted by atomic mass is 9.81. The Bertz CT molecular complexity index is 834. The molecule has 5 heteroatoms. The molecule has 1 N–H and O–H groups in total. The summed E-state index contributed by atoms with van der Waals surface area (Å²) in [5, 5.41) is 0. The number of fused-ring (bicyclic) bond motifs is 1. The van der Waals surface area contributed by atoms with Crippen LogP contribution < -0.4 is 4.90 Å². The van der Waals surface area contributed by atoms with Gasteiger partial charge in [0.25, 0.3) is 0 Å². The number of esters is 1. The van der Waals surface area contributed by atoms with Gasteiger partial charge in [0, 0.05) is 37.5 Å². The van der Waals surface area contributed by atoms with Gasteiger partial charge in [-0.05, 0) is 48.9 Å². The molecule has 1 atom stereocenters. The number of benzene rings is 1. The van der Waals surface area contributed by atoms with E-state index in [1.54, 1.807) is 6.92 Å². The molecule has 5 nitrogen and oxygen atoms in total. The van der Waals surface area contributed by atoms with Crippen LogP contribution in [0, 0.1) is 0 Å². The molecule has 0 bridgehead atoms. The first-order valence-corrected chi connectivity index (χ1v) is 9.67. The monoisotopic (exact) mass is 368 g/mol. The Morgan fingerprint density at radius 3 is 2.48 bits per heavy atom. The van der Waals surface area contributed by atoms with Crippen molar-refractivity contribution in [3.63, 3.8) is 0 Å². The van der Waals surface area contributed by atoms with E-state index in [1.165, 1.54) is 0 Å². The number of rotatable bonds is 6. The first kappa shape index (κ1) is 19.2. The zero-order valence-corrected chi connectivity index (χ0v) is 16.6. The van der Waals surface area contributed by atoms with Crippen molar-refractivity contribution >= 4 is 17.4 Å². The van der Waals surface area contributed by atoms with Crippen LogP contribution in [-0.4, -0.2) is 37.4 Å². The van der Waals surface area contributed by atoms with Crippen LogP contribution in [0.25, 0.3) is 0 Å². The second-order valence-corrected chi connectivity index (χ2v) is 7.32. The van der Waals surface area contributed by atoms with Crippen LogP contribution in [0.15, 0.2) is 24.3 Å². The summed E-state index contributed by atoms with van der Waals surface area (Å²) in [7, 11) is 4.02. The molecule has 0 amide bonds. The quantitative estimate of drug-likeness (QED) is 0.779. The second-order valence-electron chi connectivity index (χ2n) is 7.32. The molecule has 1 aromatic heterocycles. The Morgan fingerprint density at radius 1 is 1.19 bits per heavy atom. The van der Waals surface area contributed by atoms with Crippen molar-refractivity contribution in [2.75, 3.05) is 25.6 Å². The molecular formula is C22H28N2O3. The van der Waals surface area contributed by atoms with Crippen LogP contribution >= 0.6 is 0 Å². The summed E-state index contributed by atoms with van der Waals surface area (Å²) >= 11 is 0. The zero-order valence-electron chi connectivity index (χ0n) is 16.6. The summed E-state index contributed by atoms with van der Waals surface area (Å²) in [6.07, 6.45) is 2.79. The number of hydrogen-bond donors (Lipinski definition) is 1. The summed E-state index contributed by atoms with van der Waals surface area (Å²) in [6.45, 7) is 4.17. The van der Waals surface area contributed by atoms with Crippen molar-refractivity contribution in [1.29, 1.82) is 0 Å². The molecule has 144 valence electrons. The molecule has 3 rings (SSSR count). The summed E-state index contributed by atoms with van der Waals surface area (Å²) in [6, 6.07) is 8.36. The van der Waals surface area contributed by atoms with Gasteiger partial charge in [-0.25, -0.2) is 4.79 Å². The first-order chi connectivity index (χ1) is 13.0. The third-order valence-electron chi connectivity index (χ3n) is 5.20. The SMILES string of the molecule is CCCc1c(C(=O)OCC)[nH]c2c1C(=O)C[C@@H](c1ccc(N(C)C)cc1)C2. The van der Waals surface area contributed by atoms with E-state index in [1.807, 2.05) is 14.1 Å². The van der Waals surface area contributed by atoms with Gasteiger partial charge in [-0.2, -0.15) is 0 Å². The molecule has 0 radical (unpaired) electrons. The van der Waals surface area contributed by atoms with Gasteiger partial charge in [0.15, 0.2) is 5.78 Å². The van der Waals surface area contributed by atoms with E-state index in [4.69, 9.17) is 4.74 Å². The molecule has 0 fully saturated rings. The number of carbonyl (C=O) groups excluding carboxylic acids is 2. The lowest BCUT2D eigenvalue weighted by Gasteiger charge is -2.23. The number of nitrogens with zero attached hydrogens (tertiary/aromatic N) is 1. The maximum Gasteiger partial charge on any atom is 0.355 e. The van der Waals surface area contributed by atoms with E-state index in [9.17, 15) is 9.59 Å². The number of hydrogen-bond acceptors (Lipinski definition) is 4. The zero-order chi connectivity index (χ0) is 19.6. The van der Waals surface area contributed by atoms with E-state index < -0.39 is 0 Å². The number of aromatic nitrogens is 1. The molecule has 27 heavy (non-hydrogen) atoms. The van der Waals surface area contributed by atoms with Crippen molar-refractivity contribution in [1.82, 2.24) is 4.98 Å². The standard InChI is InChI=1S/C22H28N2O3/c1-5-7-17-20-18(23-21(17)22(26)27-6-2)12-15(13-19(20)25)14-8-10-16(11-9-14)24(3)4/h8-11,15,23H,5-7,12-13H2,1-4H3/t15-/m0/s1. The van der Waals surface area contributed by atoms with E-state index >= 15 is 0 Å². The normalized spacial score (nSPS) is 16.1. The maximum atomic E-state index is 13.0. The maximum absolute atomic E-state index is 13.0. The molecule has 0 unspecified atom stereocenters. The average molecular weight is 368 g/mol. The van der Waals surface area contributed by atoms with E-state index in [0.717, 1.165) is 40.9 Å². The summed E-state index contributed by atoms with van der Waals surface area (Å²) in [4.78, 5) is 30.6. The molecule has 0 saturated heterocycles. The predicted octanol–water partition coefficient (Wildman–Crippen LogP) is 4.12. The number of anilines is 1. The van der Waals surface area contributed by atoms with Gasteiger partial charge in [0.05, 0.1) is 6.61 Å². The van der Waals surface area contributed by atoms with Gasteiger partial charge in [-0.15, -0.1) is 0 Å². The van der Waals surface area contributed by atoms with Crippen molar-refractivity contribution in [2.45, 2.75) is 45.4 Å². The van der Waals surface area contributed by atoms with E-state index in [-0.39, 0.29) is 17.7 Å². The van der Waals surface area contributed by atoms with Gasteiger partial charge in [-0.3, -0.25) is 4.79 Å². The fourth-order valence-electron chi connectivity index (χ4n) is 3.89. The first-order valence-electron chi connectivity index (χ1n) is 9.67. The van der Waals surface area contributed by atoms with Crippen LogP contribution in [0.2, 0.25) is 0 Å². The number of carbonyl (C=O) groups is 2. The summed E-state index contributed by atoms with van der Waals surface area (Å²) in [5.74, 6) is -0.118. The smallest absolute Gasteiger partial charge is 0.355 e. The molecule has 1 heterocycles. The number of H-pyrrole nitrogens is 1. The average Bonchev–Trinajstić information content (AvgIpc) is 3.01. The molecule has 1 aromatic carbocycles. The van der Waals surface area contributed by atoms with Crippen molar-refractivity contribution < 1.29 is 14.3 Å². The van der Waals surface area contributed by atoms with Crippen LogP contribution in [0.1, 0.15) is 70.3 Å². The number of Topliss-reactive ketones (excluding diaryl/α,β-unsaturated/α-hetero) is 1. The summed E-state index contributed by atoms with van der Waals surface area (Å²) < 4.78 is 5.19. The minimum atomic E-state index is -0.366. The molecule has 1 aliphatic rings. The van der Waals surface area contributed by atoms with Gasteiger partial charge in [0.2, 0.25) is 0 Å². The lowest BCUT2D eigenvalue weighted by Crippen LogP contribution is -2.19. The Kier molecular flexibility index (Phi) is 5.68. The van der Waals surface area contributed by atoms with Gasteiger partial charge in [-0.1, -0.05) is 25.5 Å². The second kappa shape index (κ2) is 7.99. The Balaban J connectivity index is 1.93. The highest BCUT2D eigenvalue weighted by Crippen LogP contribution is 2.36. The minimum Gasteiger partial charge on any atom is -0.461 e. The molecule has 0 aliphatic heterocycles. The van der Waals surface area contributed by atoms with Gasteiger partial charge >= 0.3 is 5.97 Å². The van der Waals surface area contributed by atoms with Crippen LogP contribution in [0.4, 0.5) is 5.69 Å². The fourth-order valence-corrected chi connectivity index (χ4v) is 3.89. The molecular weight excluding hydrogens is 340 g/mol. The Morgan fingerprint density at radius 2 is 1.89 bits per heavy atom. The molecule has 0 saturated carbocycles. The lowest BCUT2D eigenvalue weighted by molar-refractivity contribution is 0.0518. The Labute approximate surface area is 160 Å². The number of ether oxygens (including phenoxy) is 1. The molecule has 0 spiro atoms. The van der Waals surface area contributed by atoms with Crippen molar-refractivity contribution in [3.8, 4) is 0 Å². The Hall–Kier alpha value is -2.56. The fraction of sp³-hybridized carbons (Fsp3) is 0.455. The largest absolute Gasteiger partial charge is 0.461 e. The van der Waals surface area contributed by atoms with Crippen molar-refractivity contribution in [3.05, 3.63) is 52.3 Å². The predicted molar refractivity (Wildman–Crippen MR) is 107 cm³/mol. The highest BCUT2D eigenvalue weighted by molar-refractivity contribution is 6.03. The summed E-state index contributed by atoms with van der Waals surface area (Å²) in [5.41, 5.74) is 5.18. The van der Waals surface area contributed by atoms with E-state index in [2.05, 4.69) is 41.1 Å². The van der Waals surface area contributed by atoms with Crippen LogP contribution in [-0.2, 0) is 17.6 Å². The molecule has 1 aliphatic carbocycles. The minimum absolute atomic E-state index is 0.119. The number of aromatic amines is 1. The molecule has 2 aromatic rings. The van der Waals surface area contributed by atoms with Gasteiger partial charge in [0.1, 0.15) is 5.69 Å².